The van der Waals surface area contributed by atoms with Crippen LogP contribution in [0.1, 0.15) is 49.7 Å². The molecule has 0 bridgehead atoms. The second kappa shape index (κ2) is 8.54. The molecule has 1 aromatic heterocycles. The highest BCUT2D eigenvalue weighted by atomic mass is 35.5. The summed E-state index contributed by atoms with van der Waals surface area (Å²) in [4.78, 5) is 25.0. The van der Waals surface area contributed by atoms with E-state index in [1.165, 1.54) is 25.7 Å². The monoisotopic (exact) mass is 372 g/mol. The standard InChI is InChI=1S/C21H25ClN2O2/c1-15-12-19(23-20(25)11-8-16-4-2-3-5-16)21(26)24(13-15)14-17-6-9-18(22)10-7-17/h6-7,9-10,12-13,16H,2-5,8,11,14H2,1H3,(H,23,25). The van der Waals surface area contributed by atoms with Crippen molar-refractivity contribution in [3.05, 3.63) is 63.0 Å². The van der Waals surface area contributed by atoms with Gasteiger partial charge < -0.3 is 9.88 Å². The van der Waals surface area contributed by atoms with E-state index < -0.39 is 0 Å². The molecule has 1 heterocycles. The minimum Gasteiger partial charge on any atom is -0.321 e. The lowest BCUT2D eigenvalue weighted by Gasteiger charge is -2.12. The zero-order chi connectivity index (χ0) is 18.5. The molecule has 0 spiro atoms. The van der Waals surface area contributed by atoms with Crippen LogP contribution in [0.25, 0.3) is 0 Å². The van der Waals surface area contributed by atoms with Gasteiger partial charge in [0.25, 0.3) is 5.56 Å². The minimum absolute atomic E-state index is 0.0716. The molecular weight excluding hydrogens is 348 g/mol. The third-order valence-electron chi connectivity index (χ3n) is 5.02. The Hall–Kier alpha value is -2.07. The Labute approximate surface area is 159 Å². The van der Waals surface area contributed by atoms with Crippen LogP contribution in [0.4, 0.5) is 5.69 Å². The van der Waals surface area contributed by atoms with Crippen LogP contribution in [-0.4, -0.2) is 10.5 Å². The second-order valence-electron chi connectivity index (χ2n) is 7.23. The van der Waals surface area contributed by atoms with Gasteiger partial charge in [0, 0.05) is 17.6 Å². The van der Waals surface area contributed by atoms with Crippen LogP contribution < -0.4 is 10.9 Å². The highest BCUT2D eigenvalue weighted by Gasteiger charge is 2.17. The molecule has 138 valence electrons. The van der Waals surface area contributed by atoms with Crippen molar-refractivity contribution >= 4 is 23.2 Å². The number of hydrogen-bond acceptors (Lipinski definition) is 2. The van der Waals surface area contributed by atoms with Crippen LogP contribution >= 0.6 is 11.6 Å². The number of carbonyl (C=O) groups excluding carboxylic acids is 1. The molecule has 1 amide bonds. The van der Waals surface area contributed by atoms with Crippen LogP contribution in [0.5, 0.6) is 0 Å². The van der Waals surface area contributed by atoms with E-state index in [2.05, 4.69) is 5.32 Å². The van der Waals surface area contributed by atoms with Gasteiger partial charge in [-0.15, -0.1) is 0 Å². The molecule has 1 N–H and O–H groups in total. The van der Waals surface area contributed by atoms with Crippen LogP contribution in [0.2, 0.25) is 5.02 Å². The van der Waals surface area contributed by atoms with Crippen molar-refractivity contribution in [2.45, 2.75) is 52.0 Å². The van der Waals surface area contributed by atoms with E-state index in [0.717, 1.165) is 17.5 Å². The third kappa shape index (κ3) is 4.98. The number of anilines is 1. The SMILES string of the molecule is Cc1cc(NC(=O)CCC2CCCC2)c(=O)n(Cc2ccc(Cl)cc2)c1. The maximum absolute atomic E-state index is 12.7. The molecule has 1 saturated carbocycles. The Bertz CT molecular complexity index is 821. The van der Waals surface area contributed by atoms with Gasteiger partial charge in [-0.3, -0.25) is 9.59 Å². The third-order valence-corrected chi connectivity index (χ3v) is 5.27. The fourth-order valence-corrected chi connectivity index (χ4v) is 3.75. The normalized spacial score (nSPS) is 14.5. The largest absolute Gasteiger partial charge is 0.321 e. The Morgan fingerprint density at radius 3 is 2.62 bits per heavy atom. The summed E-state index contributed by atoms with van der Waals surface area (Å²) in [6.45, 7) is 2.37. The van der Waals surface area contributed by atoms with Gasteiger partial charge in [0.1, 0.15) is 5.69 Å². The summed E-state index contributed by atoms with van der Waals surface area (Å²) in [6.07, 6.45) is 8.22. The summed E-state index contributed by atoms with van der Waals surface area (Å²) in [5, 5.41) is 3.48. The maximum Gasteiger partial charge on any atom is 0.274 e. The van der Waals surface area contributed by atoms with Crippen molar-refractivity contribution < 1.29 is 4.79 Å². The Kier molecular flexibility index (Phi) is 6.15. The Morgan fingerprint density at radius 2 is 1.92 bits per heavy atom. The topological polar surface area (TPSA) is 51.1 Å². The zero-order valence-corrected chi connectivity index (χ0v) is 15.9. The van der Waals surface area contributed by atoms with Gasteiger partial charge in [0.2, 0.25) is 5.91 Å². The maximum atomic E-state index is 12.7. The molecule has 2 aromatic rings. The predicted molar refractivity (Wildman–Crippen MR) is 106 cm³/mol. The number of rotatable bonds is 6. The van der Waals surface area contributed by atoms with Gasteiger partial charge in [-0.2, -0.15) is 0 Å². The summed E-state index contributed by atoms with van der Waals surface area (Å²) in [6, 6.07) is 9.16. The van der Waals surface area contributed by atoms with Crippen LogP contribution in [-0.2, 0) is 11.3 Å². The first-order chi connectivity index (χ1) is 12.5. The number of benzene rings is 1. The van der Waals surface area contributed by atoms with E-state index in [4.69, 9.17) is 11.6 Å². The molecule has 1 aliphatic carbocycles. The van der Waals surface area contributed by atoms with E-state index in [-0.39, 0.29) is 11.5 Å². The summed E-state index contributed by atoms with van der Waals surface area (Å²) in [5.74, 6) is 0.595. The number of aromatic nitrogens is 1. The first-order valence-electron chi connectivity index (χ1n) is 9.26. The fraction of sp³-hybridized carbons (Fsp3) is 0.429. The molecule has 26 heavy (non-hydrogen) atoms. The summed E-state index contributed by atoms with van der Waals surface area (Å²) in [7, 11) is 0. The van der Waals surface area contributed by atoms with E-state index >= 15 is 0 Å². The van der Waals surface area contributed by atoms with Crippen molar-refractivity contribution in [3.8, 4) is 0 Å². The molecule has 1 aromatic carbocycles. The highest BCUT2D eigenvalue weighted by molar-refractivity contribution is 6.30. The van der Waals surface area contributed by atoms with Gasteiger partial charge in [0.15, 0.2) is 0 Å². The number of halogens is 1. The average Bonchev–Trinajstić information content (AvgIpc) is 3.13. The summed E-state index contributed by atoms with van der Waals surface area (Å²) >= 11 is 5.91. The molecule has 5 heteroatoms. The fourth-order valence-electron chi connectivity index (χ4n) is 3.63. The summed E-state index contributed by atoms with van der Waals surface area (Å²) < 4.78 is 1.63. The number of aryl methyl sites for hydroxylation is 1. The van der Waals surface area contributed by atoms with Crippen LogP contribution in [0.3, 0.4) is 0 Å². The van der Waals surface area contributed by atoms with Gasteiger partial charge in [-0.25, -0.2) is 0 Å². The van der Waals surface area contributed by atoms with Gasteiger partial charge in [-0.05, 0) is 48.6 Å². The van der Waals surface area contributed by atoms with Crippen molar-refractivity contribution in [2.24, 2.45) is 5.92 Å². The van der Waals surface area contributed by atoms with E-state index in [1.54, 1.807) is 10.6 Å². The first kappa shape index (κ1) is 18.7. The molecule has 0 saturated heterocycles. The molecule has 0 unspecified atom stereocenters. The number of hydrogen-bond donors (Lipinski definition) is 1. The lowest BCUT2D eigenvalue weighted by Crippen LogP contribution is -2.26. The van der Waals surface area contributed by atoms with Crippen molar-refractivity contribution in [3.63, 3.8) is 0 Å². The average molecular weight is 373 g/mol. The van der Waals surface area contributed by atoms with Crippen LogP contribution in [0.15, 0.2) is 41.3 Å². The molecule has 1 fully saturated rings. The number of amides is 1. The first-order valence-corrected chi connectivity index (χ1v) is 9.64. The summed E-state index contributed by atoms with van der Waals surface area (Å²) in [5.41, 5.74) is 2.10. The van der Waals surface area contributed by atoms with Gasteiger partial charge >= 0.3 is 0 Å². The molecule has 4 nitrogen and oxygen atoms in total. The number of carbonyl (C=O) groups is 1. The smallest absolute Gasteiger partial charge is 0.274 e. The quantitative estimate of drug-likeness (QED) is 0.794. The lowest BCUT2D eigenvalue weighted by molar-refractivity contribution is -0.116. The van der Waals surface area contributed by atoms with Gasteiger partial charge in [-0.1, -0.05) is 49.4 Å². The Balaban J connectivity index is 1.69. The van der Waals surface area contributed by atoms with Crippen molar-refractivity contribution in [1.29, 1.82) is 0 Å². The zero-order valence-electron chi connectivity index (χ0n) is 15.1. The molecular formula is C21H25ClN2O2. The highest BCUT2D eigenvalue weighted by Crippen LogP contribution is 2.28. The van der Waals surface area contributed by atoms with Gasteiger partial charge in [0.05, 0.1) is 6.54 Å². The van der Waals surface area contributed by atoms with Crippen molar-refractivity contribution in [1.82, 2.24) is 4.57 Å². The lowest BCUT2D eigenvalue weighted by atomic mass is 10.0. The second-order valence-corrected chi connectivity index (χ2v) is 7.66. The number of nitrogens with one attached hydrogen (secondary N) is 1. The number of pyridine rings is 1. The predicted octanol–water partition coefficient (Wildman–Crippen LogP) is 4.77. The van der Waals surface area contributed by atoms with Crippen molar-refractivity contribution in [2.75, 3.05) is 5.32 Å². The minimum atomic E-state index is -0.181. The molecule has 0 atom stereocenters. The van der Waals surface area contributed by atoms with E-state index in [9.17, 15) is 9.59 Å². The molecule has 0 aliphatic heterocycles. The number of nitrogens with zero attached hydrogens (tertiary/aromatic N) is 1. The molecule has 1 aliphatic rings. The van der Waals surface area contributed by atoms with E-state index in [0.29, 0.717) is 29.6 Å². The Morgan fingerprint density at radius 1 is 1.23 bits per heavy atom. The molecule has 0 radical (unpaired) electrons. The van der Waals surface area contributed by atoms with Crippen LogP contribution in [0, 0.1) is 12.8 Å². The molecule has 3 rings (SSSR count). The van der Waals surface area contributed by atoms with E-state index in [1.807, 2.05) is 37.4 Å².